The number of nitrogens with zero attached hydrogens (tertiary/aromatic N) is 2. The van der Waals surface area contributed by atoms with Crippen molar-refractivity contribution in [3.63, 3.8) is 0 Å². The van der Waals surface area contributed by atoms with Crippen LogP contribution in [0.15, 0.2) is 24.3 Å². The summed E-state index contributed by atoms with van der Waals surface area (Å²) in [6.07, 6.45) is 1.78. The van der Waals surface area contributed by atoms with E-state index in [1.54, 1.807) is 0 Å². The topological polar surface area (TPSA) is 68.3 Å². The van der Waals surface area contributed by atoms with Gasteiger partial charge in [0.1, 0.15) is 0 Å². The van der Waals surface area contributed by atoms with Gasteiger partial charge in [-0.25, -0.2) is 4.79 Å². The fourth-order valence-electron chi connectivity index (χ4n) is 8.52. The third kappa shape index (κ3) is 1.95. The number of piperidine rings is 1. The maximum absolute atomic E-state index is 13.8. The third-order valence-corrected chi connectivity index (χ3v) is 9.04. The number of fused-ring (bicyclic) bond motifs is 4. The van der Waals surface area contributed by atoms with E-state index in [9.17, 15) is 9.59 Å². The molecule has 1 aromatic rings. The average Bonchev–Trinajstić information content (AvgIpc) is 3.26. The van der Waals surface area contributed by atoms with E-state index < -0.39 is 17.7 Å². The standard InChI is InChI=1S/C24H30N2O5/c1-5-22-12-15-13-26-11-10-23(18(22)26)16-8-6-7-9-17(16)25(3)19(23)24(31-15,21(28)29-4)20(22)30-14(2)27/h6-9,15,18-20H,5,10-13H2,1-4H3/t15-,18-,19+,20-,22+,23+,24-/m1/s1. The van der Waals surface area contributed by atoms with Crippen molar-refractivity contribution in [1.29, 1.82) is 0 Å². The van der Waals surface area contributed by atoms with E-state index in [4.69, 9.17) is 14.2 Å². The number of hydrogen-bond donors (Lipinski definition) is 0. The molecule has 4 aliphatic heterocycles. The quantitative estimate of drug-likeness (QED) is 0.684. The van der Waals surface area contributed by atoms with Gasteiger partial charge in [0.05, 0.1) is 19.3 Å². The van der Waals surface area contributed by atoms with Gasteiger partial charge in [-0.1, -0.05) is 25.1 Å². The van der Waals surface area contributed by atoms with Crippen molar-refractivity contribution in [2.24, 2.45) is 5.41 Å². The van der Waals surface area contributed by atoms with Crippen molar-refractivity contribution in [2.75, 3.05) is 32.1 Å². The molecule has 1 aliphatic carbocycles. The lowest BCUT2D eigenvalue weighted by atomic mass is 9.45. The summed E-state index contributed by atoms with van der Waals surface area (Å²) in [5.74, 6) is -0.807. The zero-order valence-electron chi connectivity index (χ0n) is 18.6. The van der Waals surface area contributed by atoms with Crippen LogP contribution < -0.4 is 4.90 Å². The van der Waals surface area contributed by atoms with Crippen LogP contribution in [0.1, 0.15) is 38.7 Å². The molecule has 4 fully saturated rings. The van der Waals surface area contributed by atoms with E-state index in [2.05, 4.69) is 34.9 Å². The number of rotatable bonds is 3. The highest BCUT2D eigenvalue weighted by molar-refractivity contribution is 5.87. The number of hydrogen-bond acceptors (Lipinski definition) is 7. The summed E-state index contributed by atoms with van der Waals surface area (Å²) in [5, 5.41) is 0. The summed E-state index contributed by atoms with van der Waals surface area (Å²) in [7, 11) is 3.46. The van der Waals surface area contributed by atoms with Crippen molar-refractivity contribution in [3.8, 4) is 0 Å². The van der Waals surface area contributed by atoms with E-state index in [1.165, 1.54) is 19.6 Å². The number of carbonyl (C=O) groups excluding carboxylic acids is 2. The molecule has 0 unspecified atom stereocenters. The number of likely N-dealkylation sites (N-methyl/N-ethyl adjacent to an activating group) is 1. The SMILES string of the molecule is CC[C@@]12C[C@@H]3CN4CC[C@]5(c6ccccc6N(C)[C@@H]5[C@@](C(=O)OC)(O3)[C@@H]1OC(C)=O)[C@H]42. The Hall–Kier alpha value is -2.12. The Morgan fingerprint density at radius 1 is 1.26 bits per heavy atom. The van der Waals surface area contributed by atoms with Crippen LogP contribution in [0.4, 0.5) is 5.69 Å². The summed E-state index contributed by atoms with van der Waals surface area (Å²) in [6.45, 7) is 5.35. The van der Waals surface area contributed by atoms with Gasteiger partial charge < -0.3 is 19.1 Å². The van der Waals surface area contributed by atoms with Gasteiger partial charge in [-0.05, 0) is 37.4 Å². The summed E-state index contributed by atoms with van der Waals surface area (Å²) < 4.78 is 18.3. The molecule has 0 N–H and O–H groups in total. The average molecular weight is 427 g/mol. The first-order chi connectivity index (χ1) is 14.9. The molecule has 0 amide bonds. The maximum atomic E-state index is 13.8. The minimum Gasteiger partial charge on any atom is -0.467 e. The Labute approximate surface area is 182 Å². The molecule has 3 bridgehead atoms. The van der Waals surface area contributed by atoms with Gasteiger partial charge in [-0.2, -0.15) is 0 Å². The minimum absolute atomic E-state index is 0.0877. The lowest BCUT2D eigenvalue weighted by molar-refractivity contribution is -0.315. The number of carbonyl (C=O) groups is 2. The second kappa shape index (κ2) is 6.01. The first-order valence-corrected chi connectivity index (χ1v) is 11.4. The Bertz CT molecular complexity index is 982. The largest absolute Gasteiger partial charge is 0.467 e. The molecule has 0 aromatic heterocycles. The fourth-order valence-corrected chi connectivity index (χ4v) is 8.52. The van der Waals surface area contributed by atoms with Crippen LogP contribution >= 0.6 is 0 Å². The monoisotopic (exact) mass is 426 g/mol. The molecule has 7 heteroatoms. The maximum Gasteiger partial charge on any atom is 0.344 e. The Kier molecular flexibility index (Phi) is 3.79. The Morgan fingerprint density at radius 2 is 2.03 bits per heavy atom. The zero-order chi connectivity index (χ0) is 21.8. The highest BCUT2D eigenvalue weighted by atomic mass is 16.6. The summed E-state index contributed by atoms with van der Waals surface area (Å²) in [5.41, 5.74) is 0.403. The highest BCUT2D eigenvalue weighted by Gasteiger charge is 2.84. The van der Waals surface area contributed by atoms with Crippen LogP contribution in [0.3, 0.4) is 0 Å². The van der Waals surface area contributed by atoms with E-state index in [1.807, 2.05) is 13.1 Å². The molecule has 1 aromatic carbocycles. The first-order valence-electron chi connectivity index (χ1n) is 11.4. The molecule has 3 saturated heterocycles. The third-order valence-electron chi connectivity index (χ3n) is 9.04. The van der Waals surface area contributed by atoms with Gasteiger partial charge >= 0.3 is 11.9 Å². The number of para-hydroxylation sites is 1. The van der Waals surface area contributed by atoms with Gasteiger partial charge in [-0.3, -0.25) is 9.69 Å². The summed E-state index contributed by atoms with van der Waals surface area (Å²) in [4.78, 5) is 30.9. The minimum atomic E-state index is -1.36. The van der Waals surface area contributed by atoms with Crippen LogP contribution in [0.5, 0.6) is 0 Å². The predicted molar refractivity (Wildman–Crippen MR) is 113 cm³/mol. The van der Waals surface area contributed by atoms with Crippen LogP contribution in [-0.4, -0.2) is 74.0 Å². The molecule has 166 valence electrons. The van der Waals surface area contributed by atoms with E-state index in [-0.39, 0.29) is 35.0 Å². The highest BCUT2D eigenvalue weighted by Crippen LogP contribution is 2.71. The van der Waals surface area contributed by atoms with Crippen LogP contribution in [0.25, 0.3) is 0 Å². The van der Waals surface area contributed by atoms with E-state index in [0.717, 1.165) is 38.0 Å². The lowest BCUT2D eigenvalue weighted by Crippen LogP contribution is -2.86. The fraction of sp³-hybridized carbons (Fsp3) is 0.667. The van der Waals surface area contributed by atoms with Gasteiger partial charge in [0.2, 0.25) is 5.60 Å². The van der Waals surface area contributed by atoms with Gasteiger partial charge in [0, 0.05) is 43.1 Å². The molecule has 0 radical (unpaired) electrons. The van der Waals surface area contributed by atoms with Crippen molar-refractivity contribution in [2.45, 2.75) is 68.4 Å². The van der Waals surface area contributed by atoms with E-state index >= 15 is 0 Å². The molecule has 1 spiro atoms. The molecule has 1 saturated carbocycles. The number of anilines is 1. The number of esters is 2. The van der Waals surface area contributed by atoms with Crippen LogP contribution in [0.2, 0.25) is 0 Å². The van der Waals surface area contributed by atoms with Gasteiger partial charge in [0.25, 0.3) is 0 Å². The molecule has 4 heterocycles. The number of benzene rings is 1. The second-order valence-electron chi connectivity index (χ2n) is 10.0. The molecule has 6 rings (SSSR count). The molecular weight excluding hydrogens is 396 g/mol. The number of ether oxygens (including phenoxy) is 3. The molecule has 31 heavy (non-hydrogen) atoms. The Morgan fingerprint density at radius 3 is 2.74 bits per heavy atom. The van der Waals surface area contributed by atoms with Crippen molar-refractivity contribution < 1.29 is 23.8 Å². The Balaban J connectivity index is 1.71. The van der Waals surface area contributed by atoms with Crippen LogP contribution in [0, 0.1) is 5.41 Å². The predicted octanol–water partition coefficient (Wildman–Crippen LogP) is 1.87. The molecule has 7 atom stereocenters. The summed E-state index contributed by atoms with van der Waals surface area (Å²) in [6, 6.07) is 8.37. The van der Waals surface area contributed by atoms with E-state index in [0.29, 0.717) is 0 Å². The normalized spacial score (nSPS) is 44.1. The second-order valence-corrected chi connectivity index (χ2v) is 10.0. The first kappa shape index (κ1) is 19.6. The van der Waals surface area contributed by atoms with Crippen LogP contribution in [-0.2, 0) is 29.2 Å². The van der Waals surface area contributed by atoms with Crippen molar-refractivity contribution >= 4 is 17.6 Å². The molecule has 7 nitrogen and oxygen atoms in total. The molecule has 5 aliphatic rings. The van der Waals surface area contributed by atoms with Crippen molar-refractivity contribution in [3.05, 3.63) is 29.8 Å². The smallest absolute Gasteiger partial charge is 0.344 e. The number of methoxy groups -OCH3 is 1. The van der Waals surface area contributed by atoms with Gasteiger partial charge in [0.15, 0.2) is 6.10 Å². The lowest BCUT2D eigenvalue weighted by Gasteiger charge is -2.70. The zero-order valence-corrected chi connectivity index (χ0v) is 18.6. The summed E-state index contributed by atoms with van der Waals surface area (Å²) >= 11 is 0. The van der Waals surface area contributed by atoms with Gasteiger partial charge in [-0.15, -0.1) is 0 Å². The van der Waals surface area contributed by atoms with Crippen molar-refractivity contribution in [1.82, 2.24) is 4.90 Å². The molecular formula is C24H30N2O5.